The van der Waals surface area contributed by atoms with Gasteiger partial charge >= 0.3 is 0 Å². The van der Waals surface area contributed by atoms with Gasteiger partial charge in [-0.05, 0) is 37.8 Å². The molecule has 1 aromatic heterocycles. The highest BCUT2D eigenvalue weighted by Crippen LogP contribution is 2.26. The van der Waals surface area contributed by atoms with Crippen LogP contribution < -0.4 is 5.32 Å². The van der Waals surface area contributed by atoms with E-state index in [0.717, 1.165) is 25.0 Å². The van der Waals surface area contributed by atoms with Gasteiger partial charge in [-0.1, -0.05) is 13.8 Å². The average molecular weight is 418 g/mol. The lowest BCUT2D eigenvalue weighted by molar-refractivity contribution is -0.136. The SMILES string of the molecule is CCC(CC)C(=O)N1CCC(NC(=O)c2cn(C)nc2-c2ccc(F)cc2F)CC1. The molecule has 1 aliphatic rings. The van der Waals surface area contributed by atoms with Crippen LogP contribution in [0.25, 0.3) is 11.3 Å². The summed E-state index contributed by atoms with van der Waals surface area (Å²) in [6.45, 7) is 5.25. The van der Waals surface area contributed by atoms with Gasteiger partial charge in [0.2, 0.25) is 5.91 Å². The number of hydrogen-bond acceptors (Lipinski definition) is 3. The Balaban J connectivity index is 1.67. The van der Waals surface area contributed by atoms with Crippen molar-refractivity contribution in [1.82, 2.24) is 20.0 Å². The van der Waals surface area contributed by atoms with Gasteiger partial charge in [-0.25, -0.2) is 8.78 Å². The molecule has 6 nitrogen and oxygen atoms in total. The van der Waals surface area contributed by atoms with Crippen molar-refractivity contribution in [1.29, 1.82) is 0 Å². The van der Waals surface area contributed by atoms with E-state index in [4.69, 9.17) is 0 Å². The molecule has 1 saturated heterocycles. The summed E-state index contributed by atoms with van der Waals surface area (Å²) in [5.41, 5.74) is 0.486. The van der Waals surface area contributed by atoms with E-state index in [2.05, 4.69) is 10.4 Å². The minimum absolute atomic E-state index is 0.0553. The second kappa shape index (κ2) is 9.36. The minimum Gasteiger partial charge on any atom is -0.349 e. The summed E-state index contributed by atoms with van der Waals surface area (Å²) in [7, 11) is 1.64. The lowest BCUT2D eigenvalue weighted by atomic mass is 9.98. The first-order valence-electron chi connectivity index (χ1n) is 10.4. The van der Waals surface area contributed by atoms with Crippen LogP contribution in [0.1, 0.15) is 49.9 Å². The van der Waals surface area contributed by atoms with Crippen LogP contribution in [0.5, 0.6) is 0 Å². The van der Waals surface area contributed by atoms with Crippen molar-refractivity contribution in [2.45, 2.75) is 45.6 Å². The number of nitrogens with one attached hydrogen (secondary N) is 1. The molecule has 0 saturated carbocycles. The van der Waals surface area contributed by atoms with Gasteiger partial charge in [-0.2, -0.15) is 5.10 Å². The number of likely N-dealkylation sites (tertiary alicyclic amines) is 1. The third kappa shape index (κ3) is 4.68. The molecule has 162 valence electrons. The Hall–Kier alpha value is -2.77. The lowest BCUT2D eigenvalue weighted by Gasteiger charge is -2.34. The third-order valence-electron chi connectivity index (χ3n) is 5.74. The molecule has 8 heteroatoms. The summed E-state index contributed by atoms with van der Waals surface area (Å²) in [5.74, 6) is -1.57. The first-order chi connectivity index (χ1) is 14.3. The predicted molar refractivity (Wildman–Crippen MR) is 110 cm³/mol. The summed E-state index contributed by atoms with van der Waals surface area (Å²) < 4.78 is 28.9. The maximum absolute atomic E-state index is 14.2. The highest BCUT2D eigenvalue weighted by Gasteiger charge is 2.28. The van der Waals surface area contributed by atoms with Gasteiger partial charge < -0.3 is 10.2 Å². The molecule has 2 amide bonds. The number of rotatable bonds is 6. The van der Waals surface area contributed by atoms with E-state index in [-0.39, 0.29) is 40.6 Å². The molecule has 1 fully saturated rings. The molecule has 0 aliphatic carbocycles. The van der Waals surface area contributed by atoms with Gasteiger partial charge in [0.1, 0.15) is 17.3 Å². The smallest absolute Gasteiger partial charge is 0.255 e. The largest absolute Gasteiger partial charge is 0.349 e. The topological polar surface area (TPSA) is 67.2 Å². The molecular weight excluding hydrogens is 390 g/mol. The Kier molecular flexibility index (Phi) is 6.84. The quantitative estimate of drug-likeness (QED) is 0.781. The van der Waals surface area contributed by atoms with Crippen molar-refractivity contribution < 1.29 is 18.4 Å². The molecule has 1 aromatic carbocycles. The molecular formula is C22H28F2N4O2. The van der Waals surface area contributed by atoms with E-state index < -0.39 is 11.6 Å². The number of hydrogen-bond donors (Lipinski definition) is 1. The molecule has 3 rings (SSSR count). The fraction of sp³-hybridized carbons (Fsp3) is 0.500. The lowest BCUT2D eigenvalue weighted by Crippen LogP contribution is -2.48. The molecule has 0 atom stereocenters. The molecule has 0 spiro atoms. The van der Waals surface area contributed by atoms with Crippen molar-refractivity contribution >= 4 is 11.8 Å². The van der Waals surface area contributed by atoms with E-state index in [1.807, 2.05) is 18.7 Å². The monoisotopic (exact) mass is 418 g/mol. The van der Waals surface area contributed by atoms with Gasteiger partial charge in [-0.3, -0.25) is 14.3 Å². The first kappa shape index (κ1) is 21.9. The Morgan fingerprint density at radius 1 is 1.20 bits per heavy atom. The zero-order valence-electron chi connectivity index (χ0n) is 17.6. The van der Waals surface area contributed by atoms with Crippen molar-refractivity contribution in [2.24, 2.45) is 13.0 Å². The van der Waals surface area contributed by atoms with Crippen LogP contribution >= 0.6 is 0 Å². The van der Waals surface area contributed by atoms with Gasteiger partial charge in [0.15, 0.2) is 0 Å². The van der Waals surface area contributed by atoms with Crippen LogP contribution in [-0.2, 0) is 11.8 Å². The van der Waals surface area contributed by atoms with E-state index >= 15 is 0 Å². The van der Waals surface area contributed by atoms with Crippen molar-refractivity contribution in [3.8, 4) is 11.3 Å². The Bertz CT molecular complexity index is 916. The van der Waals surface area contributed by atoms with Gasteiger partial charge in [0, 0.05) is 49.9 Å². The normalized spacial score (nSPS) is 14.9. The zero-order chi connectivity index (χ0) is 21.8. The fourth-order valence-corrected chi connectivity index (χ4v) is 3.94. The molecule has 1 aliphatic heterocycles. The number of nitrogens with zero attached hydrogens (tertiary/aromatic N) is 3. The molecule has 0 bridgehead atoms. The summed E-state index contributed by atoms with van der Waals surface area (Å²) in [6, 6.07) is 3.13. The third-order valence-corrected chi connectivity index (χ3v) is 5.74. The number of carbonyl (C=O) groups excluding carboxylic acids is 2. The number of amides is 2. The number of halogens is 2. The van der Waals surface area contributed by atoms with Crippen LogP contribution in [0.3, 0.4) is 0 Å². The first-order valence-corrected chi connectivity index (χ1v) is 10.4. The second-order valence-corrected chi connectivity index (χ2v) is 7.78. The zero-order valence-corrected chi connectivity index (χ0v) is 17.6. The summed E-state index contributed by atoms with van der Waals surface area (Å²) >= 11 is 0. The number of benzene rings is 1. The molecule has 2 heterocycles. The van der Waals surface area contributed by atoms with Crippen LogP contribution in [0.4, 0.5) is 8.78 Å². The Labute approximate surface area is 175 Å². The Morgan fingerprint density at radius 2 is 1.87 bits per heavy atom. The highest BCUT2D eigenvalue weighted by atomic mass is 19.1. The van der Waals surface area contributed by atoms with E-state index in [9.17, 15) is 18.4 Å². The number of aromatic nitrogens is 2. The standard InChI is InChI=1S/C22H28F2N4O2/c1-4-14(5-2)22(30)28-10-8-16(9-11-28)25-21(29)18-13-27(3)26-20(18)17-7-6-15(23)12-19(17)24/h6-7,12-14,16H,4-5,8-11H2,1-3H3,(H,25,29). The van der Waals surface area contributed by atoms with Crippen molar-refractivity contribution in [3.05, 3.63) is 41.6 Å². The van der Waals surface area contributed by atoms with E-state index in [0.29, 0.717) is 25.9 Å². The van der Waals surface area contributed by atoms with Crippen LogP contribution in [0, 0.1) is 17.6 Å². The van der Waals surface area contributed by atoms with Crippen molar-refractivity contribution in [2.75, 3.05) is 13.1 Å². The number of aryl methyl sites for hydroxylation is 1. The van der Waals surface area contributed by atoms with Gasteiger partial charge in [0.25, 0.3) is 5.91 Å². The van der Waals surface area contributed by atoms with E-state index in [1.165, 1.54) is 16.9 Å². The fourth-order valence-electron chi connectivity index (χ4n) is 3.94. The molecule has 0 radical (unpaired) electrons. The molecule has 2 aromatic rings. The molecule has 30 heavy (non-hydrogen) atoms. The van der Waals surface area contributed by atoms with Crippen LogP contribution in [0.15, 0.2) is 24.4 Å². The van der Waals surface area contributed by atoms with Crippen LogP contribution in [-0.4, -0.2) is 45.6 Å². The predicted octanol–water partition coefficient (Wildman–Crippen LogP) is 3.52. The Morgan fingerprint density at radius 3 is 2.47 bits per heavy atom. The summed E-state index contributed by atoms with van der Waals surface area (Å²) in [6.07, 6.45) is 4.51. The average Bonchev–Trinajstić information content (AvgIpc) is 3.11. The molecule has 0 unspecified atom stereocenters. The number of piperidine rings is 1. The second-order valence-electron chi connectivity index (χ2n) is 7.78. The van der Waals surface area contributed by atoms with Crippen LogP contribution in [0.2, 0.25) is 0 Å². The highest BCUT2D eigenvalue weighted by molar-refractivity contribution is 6.00. The minimum atomic E-state index is -0.768. The summed E-state index contributed by atoms with van der Waals surface area (Å²) in [4.78, 5) is 27.3. The maximum atomic E-state index is 14.2. The van der Waals surface area contributed by atoms with Gasteiger partial charge in [0.05, 0.1) is 5.56 Å². The number of carbonyl (C=O) groups is 2. The molecule has 1 N–H and O–H groups in total. The van der Waals surface area contributed by atoms with Crippen molar-refractivity contribution in [3.63, 3.8) is 0 Å². The van der Waals surface area contributed by atoms with Gasteiger partial charge in [-0.15, -0.1) is 0 Å². The summed E-state index contributed by atoms with van der Waals surface area (Å²) in [5, 5.41) is 7.18. The maximum Gasteiger partial charge on any atom is 0.255 e. The van der Waals surface area contributed by atoms with E-state index in [1.54, 1.807) is 7.05 Å².